The highest BCUT2D eigenvalue weighted by atomic mass is 19.1. The van der Waals surface area contributed by atoms with Crippen LogP contribution >= 0.6 is 0 Å². The number of amides is 1. The summed E-state index contributed by atoms with van der Waals surface area (Å²) in [6, 6.07) is 15.9. The molecular weight excluding hydrogens is 357 g/mol. The second-order valence-corrected chi connectivity index (χ2v) is 6.37. The third-order valence-corrected chi connectivity index (χ3v) is 3.97. The van der Waals surface area contributed by atoms with E-state index in [9.17, 15) is 9.18 Å². The number of anilines is 4. The van der Waals surface area contributed by atoms with Crippen LogP contribution in [0.15, 0.2) is 54.6 Å². The maximum absolute atomic E-state index is 13.7. The largest absolute Gasteiger partial charge is 0.354 e. The van der Waals surface area contributed by atoms with E-state index in [1.165, 1.54) is 13.0 Å². The third kappa shape index (κ3) is 5.51. The van der Waals surface area contributed by atoms with Gasteiger partial charge in [0.2, 0.25) is 11.9 Å². The molecule has 0 fully saturated rings. The van der Waals surface area contributed by atoms with Gasteiger partial charge >= 0.3 is 0 Å². The van der Waals surface area contributed by atoms with Crippen molar-refractivity contribution in [1.29, 1.82) is 0 Å². The van der Waals surface area contributed by atoms with E-state index in [1.807, 2.05) is 43.3 Å². The Labute approximate surface area is 163 Å². The van der Waals surface area contributed by atoms with Gasteiger partial charge in [0.25, 0.3) is 0 Å². The normalized spacial score (nSPS) is 10.4. The number of carbonyl (C=O) groups excluding carboxylic acids is 1. The van der Waals surface area contributed by atoms with Crippen molar-refractivity contribution in [2.45, 2.75) is 20.3 Å². The Morgan fingerprint density at radius 3 is 2.46 bits per heavy atom. The Balaban J connectivity index is 1.62. The van der Waals surface area contributed by atoms with E-state index in [4.69, 9.17) is 0 Å². The van der Waals surface area contributed by atoms with Gasteiger partial charge in [0.1, 0.15) is 11.6 Å². The van der Waals surface area contributed by atoms with Crippen LogP contribution in [-0.2, 0) is 11.2 Å². The van der Waals surface area contributed by atoms with Crippen molar-refractivity contribution in [1.82, 2.24) is 9.97 Å². The van der Waals surface area contributed by atoms with Crippen LogP contribution in [0.3, 0.4) is 0 Å². The molecule has 28 heavy (non-hydrogen) atoms. The first-order valence-electron chi connectivity index (χ1n) is 8.97. The maximum atomic E-state index is 13.7. The van der Waals surface area contributed by atoms with Crippen LogP contribution in [0.4, 0.5) is 27.5 Å². The second kappa shape index (κ2) is 8.94. The number of halogens is 1. The standard InChI is InChI=1S/C21H22FN5O/c1-14-13-20(26-18-9-7-17(8-10-18)25-15(2)28)27-21(24-14)23-12-11-16-5-3-4-6-19(16)22/h3-10,13H,11-12H2,1-2H3,(H,25,28)(H2,23,24,26,27). The molecule has 0 spiro atoms. The first kappa shape index (κ1) is 19.3. The van der Waals surface area contributed by atoms with Crippen molar-refractivity contribution in [3.63, 3.8) is 0 Å². The number of aryl methyl sites for hydroxylation is 1. The molecule has 0 saturated heterocycles. The molecule has 0 unspecified atom stereocenters. The summed E-state index contributed by atoms with van der Waals surface area (Å²) in [6.45, 7) is 3.88. The first-order chi connectivity index (χ1) is 13.5. The number of nitrogens with one attached hydrogen (secondary N) is 3. The number of rotatable bonds is 7. The Morgan fingerprint density at radius 1 is 1.04 bits per heavy atom. The lowest BCUT2D eigenvalue weighted by Crippen LogP contribution is -2.10. The maximum Gasteiger partial charge on any atom is 0.224 e. The molecule has 1 amide bonds. The summed E-state index contributed by atoms with van der Waals surface area (Å²) in [5.74, 6) is 0.805. The monoisotopic (exact) mass is 379 g/mol. The fourth-order valence-corrected chi connectivity index (χ4v) is 2.71. The van der Waals surface area contributed by atoms with Crippen LogP contribution in [0.1, 0.15) is 18.2 Å². The van der Waals surface area contributed by atoms with Gasteiger partial charge in [-0.05, 0) is 49.2 Å². The van der Waals surface area contributed by atoms with Gasteiger partial charge < -0.3 is 16.0 Å². The van der Waals surface area contributed by atoms with Gasteiger partial charge in [0, 0.05) is 36.6 Å². The summed E-state index contributed by atoms with van der Waals surface area (Å²) in [4.78, 5) is 19.9. The van der Waals surface area contributed by atoms with Crippen LogP contribution in [0.2, 0.25) is 0 Å². The van der Waals surface area contributed by atoms with Crippen molar-refractivity contribution in [2.24, 2.45) is 0 Å². The van der Waals surface area contributed by atoms with E-state index in [2.05, 4.69) is 25.9 Å². The van der Waals surface area contributed by atoms with E-state index in [-0.39, 0.29) is 11.7 Å². The van der Waals surface area contributed by atoms with Gasteiger partial charge in [-0.2, -0.15) is 4.98 Å². The third-order valence-electron chi connectivity index (χ3n) is 3.97. The smallest absolute Gasteiger partial charge is 0.224 e. The van der Waals surface area contributed by atoms with Crippen molar-refractivity contribution < 1.29 is 9.18 Å². The van der Waals surface area contributed by atoms with E-state index in [0.717, 1.165) is 17.1 Å². The minimum Gasteiger partial charge on any atom is -0.354 e. The van der Waals surface area contributed by atoms with Crippen molar-refractivity contribution in [3.8, 4) is 0 Å². The molecule has 3 N–H and O–H groups in total. The average molecular weight is 379 g/mol. The Bertz CT molecular complexity index is 959. The second-order valence-electron chi connectivity index (χ2n) is 6.37. The fourth-order valence-electron chi connectivity index (χ4n) is 2.71. The van der Waals surface area contributed by atoms with E-state index in [0.29, 0.717) is 30.3 Å². The van der Waals surface area contributed by atoms with Gasteiger partial charge in [0.05, 0.1) is 0 Å². The van der Waals surface area contributed by atoms with Crippen LogP contribution in [0.25, 0.3) is 0 Å². The minimum atomic E-state index is -0.209. The fraction of sp³-hybridized carbons (Fsp3) is 0.190. The van der Waals surface area contributed by atoms with Gasteiger partial charge in [0.15, 0.2) is 0 Å². The number of nitrogens with zero attached hydrogens (tertiary/aromatic N) is 2. The molecule has 0 aliphatic carbocycles. The van der Waals surface area contributed by atoms with Crippen molar-refractivity contribution in [2.75, 3.05) is 22.5 Å². The highest BCUT2D eigenvalue weighted by molar-refractivity contribution is 5.88. The lowest BCUT2D eigenvalue weighted by molar-refractivity contribution is -0.114. The minimum absolute atomic E-state index is 0.113. The first-order valence-corrected chi connectivity index (χ1v) is 8.97. The van der Waals surface area contributed by atoms with Gasteiger partial charge in [-0.3, -0.25) is 4.79 Å². The molecule has 1 heterocycles. The van der Waals surface area contributed by atoms with Gasteiger partial charge in [-0.15, -0.1) is 0 Å². The van der Waals surface area contributed by atoms with E-state index >= 15 is 0 Å². The number of carbonyl (C=O) groups is 1. The number of hydrogen-bond donors (Lipinski definition) is 3. The van der Waals surface area contributed by atoms with Crippen molar-refractivity contribution >= 4 is 29.0 Å². The van der Waals surface area contributed by atoms with Crippen LogP contribution in [0, 0.1) is 12.7 Å². The van der Waals surface area contributed by atoms with Crippen molar-refractivity contribution in [3.05, 3.63) is 71.7 Å². The zero-order valence-corrected chi connectivity index (χ0v) is 15.8. The molecule has 7 heteroatoms. The van der Waals surface area contributed by atoms with E-state index < -0.39 is 0 Å². The topological polar surface area (TPSA) is 78.9 Å². The molecular formula is C21H22FN5O. The Morgan fingerprint density at radius 2 is 1.75 bits per heavy atom. The van der Waals surface area contributed by atoms with Crippen LogP contribution in [0.5, 0.6) is 0 Å². The quantitative estimate of drug-likeness (QED) is 0.571. The molecule has 0 aliphatic rings. The summed E-state index contributed by atoms with van der Waals surface area (Å²) < 4.78 is 13.7. The number of hydrogen-bond acceptors (Lipinski definition) is 5. The summed E-state index contributed by atoms with van der Waals surface area (Å²) >= 11 is 0. The Hall–Kier alpha value is -3.48. The molecule has 6 nitrogen and oxygen atoms in total. The summed E-state index contributed by atoms with van der Waals surface area (Å²) in [7, 11) is 0. The average Bonchev–Trinajstić information content (AvgIpc) is 2.64. The SMILES string of the molecule is CC(=O)Nc1ccc(Nc2cc(C)nc(NCCc3ccccc3F)n2)cc1. The molecule has 0 bridgehead atoms. The molecule has 2 aromatic carbocycles. The highest BCUT2D eigenvalue weighted by Gasteiger charge is 2.05. The highest BCUT2D eigenvalue weighted by Crippen LogP contribution is 2.19. The number of benzene rings is 2. The summed E-state index contributed by atoms with van der Waals surface area (Å²) in [5, 5.41) is 9.09. The molecule has 0 atom stereocenters. The zero-order chi connectivity index (χ0) is 19.9. The number of aromatic nitrogens is 2. The Kier molecular flexibility index (Phi) is 6.16. The van der Waals surface area contributed by atoms with Gasteiger partial charge in [-0.1, -0.05) is 18.2 Å². The van der Waals surface area contributed by atoms with Crippen LogP contribution < -0.4 is 16.0 Å². The van der Waals surface area contributed by atoms with E-state index in [1.54, 1.807) is 12.1 Å². The predicted octanol–water partition coefficient (Wildman–Crippen LogP) is 4.28. The molecule has 0 saturated carbocycles. The zero-order valence-electron chi connectivity index (χ0n) is 15.8. The molecule has 144 valence electrons. The molecule has 0 radical (unpaired) electrons. The predicted molar refractivity (Wildman–Crippen MR) is 109 cm³/mol. The lowest BCUT2D eigenvalue weighted by atomic mass is 10.1. The molecule has 3 rings (SSSR count). The molecule has 3 aromatic rings. The van der Waals surface area contributed by atoms with Gasteiger partial charge in [-0.25, -0.2) is 9.37 Å². The lowest BCUT2D eigenvalue weighted by Gasteiger charge is -2.11. The summed E-state index contributed by atoms with van der Waals surface area (Å²) in [5.41, 5.74) is 3.03. The summed E-state index contributed by atoms with van der Waals surface area (Å²) in [6.07, 6.45) is 0.539. The molecule has 0 aliphatic heterocycles. The molecule has 1 aromatic heterocycles. The van der Waals surface area contributed by atoms with Crippen LogP contribution in [-0.4, -0.2) is 22.4 Å².